The molecule has 8 atom stereocenters. The first-order valence-corrected chi connectivity index (χ1v) is 11.2. The number of hydrogen-bond acceptors (Lipinski definition) is 5. The van der Waals surface area contributed by atoms with Crippen molar-refractivity contribution in [3.05, 3.63) is 36.1 Å². The molecule has 6 aliphatic rings. The van der Waals surface area contributed by atoms with Crippen LogP contribution in [0.25, 0.3) is 0 Å². The van der Waals surface area contributed by atoms with Crippen LogP contribution in [0.4, 0.5) is 0 Å². The van der Waals surface area contributed by atoms with Gasteiger partial charge in [-0.2, -0.15) is 0 Å². The topological polar surface area (TPSA) is 57.2 Å². The molecule has 2 heterocycles. The Kier molecular flexibility index (Phi) is 3.70. The predicted molar refractivity (Wildman–Crippen MR) is 106 cm³/mol. The van der Waals surface area contributed by atoms with Crippen molar-refractivity contribution in [2.75, 3.05) is 13.6 Å². The Morgan fingerprint density at radius 3 is 2.66 bits per heavy atom. The van der Waals surface area contributed by atoms with E-state index in [1.165, 1.54) is 5.57 Å². The van der Waals surface area contributed by atoms with E-state index in [1.54, 1.807) is 0 Å². The van der Waals surface area contributed by atoms with Crippen molar-refractivity contribution >= 4 is 0 Å². The van der Waals surface area contributed by atoms with Gasteiger partial charge in [0, 0.05) is 5.41 Å². The Balaban J connectivity index is 1.41. The number of allylic oxidation sites excluding steroid dienone is 3. The van der Waals surface area contributed by atoms with Crippen molar-refractivity contribution in [2.24, 2.45) is 28.6 Å². The Morgan fingerprint density at radius 1 is 1.07 bits per heavy atom. The zero-order valence-electron chi connectivity index (χ0n) is 17.5. The summed E-state index contributed by atoms with van der Waals surface area (Å²) in [6.45, 7) is 9.30. The van der Waals surface area contributed by atoms with Crippen molar-refractivity contribution in [3.8, 4) is 0 Å². The lowest BCUT2D eigenvalue weighted by atomic mass is 9.47. The molecule has 29 heavy (non-hydrogen) atoms. The third-order valence-corrected chi connectivity index (χ3v) is 9.66. The fourth-order valence-electron chi connectivity index (χ4n) is 8.26. The minimum atomic E-state index is -0.974. The summed E-state index contributed by atoms with van der Waals surface area (Å²) in [7, 11) is 0. The monoisotopic (exact) mass is 400 g/mol. The van der Waals surface area contributed by atoms with E-state index >= 15 is 0 Å². The van der Waals surface area contributed by atoms with Crippen LogP contribution in [0.5, 0.6) is 0 Å². The molecule has 1 N–H and O–H groups in total. The van der Waals surface area contributed by atoms with Gasteiger partial charge in [-0.05, 0) is 67.3 Å². The minimum Gasteiger partial charge on any atom is -0.467 e. The van der Waals surface area contributed by atoms with Crippen LogP contribution in [0.2, 0.25) is 0 Å². The summed E-state index contributed by atoms with van der Waals surface area (Å²) in [5.41, 5.74) is 0.879. The number of hydrogen-bond donors (Lipinski definition) is 1. The van der Waals surface area contributed by atoms with Gasteiger partial charge in [0.05, 0.1) is 6.10 Å². The second-order valence-electron chi connectivity index (χ2n) is 10.5. The van der Waals surface area contributed by atoms with Crippen molar-refractivity contribution in [1.29, 1.82) is 0 Å². The highest BCUT2D eigenvalue weighted by Gasteiger charge is 2.77. The average molecular weight is 401 g/mol. The van der Waals surface area contributed by atoms with Crippen LogP contribution in [-0.4, -0.2) is 36.2 Å². The van der Waals surface area contributed by atoms with Crippen LogP contribution in [0, 0.1) is 28.6 Å². The molecular weight excluding hydrogens is 368 g/mol. The van der Waals surface area contributed by atoms with E-state index in [2.05, 4.69) is 38.7 Å². The standard InChI is InChI=1S/C24H32O5/c1-15-24(28-13-26-15)23(27-14-29-24)11-9-20-18-7-5-16-4-6-17(25)12-21(16,2)19(18)8-10-22(20,23)3/h4-5,7,17-20,25H,1,6,8-14H2,2-3H3/t17?,18-,19+,20+,21+,22+,23-,24?/m1/s1. The molecule has 4 aliphatic carbocycles. The van der Waals surface area contributed by atoms with E-state index < -0.39 is 11.4 Å². The summed E-state index contributed by atoms with van der Waals surface area (Å²) in [5.74, 6) is 1.12. The summed E-state index contributed by atoms with van der Waals surface area (Å²) in [6, 6.07) is 0. The number of aliphatic hydroxyl groups is 1. The molecular formula is C24H32O5. The second kappa shape index (κ2) is 5.76. The first-order chi connectivity index (χ1) is 13.9. The molecule has 6 rings (SSSR count). The molecule has 4 fully saturated rings. The van der Waals surface area contributed by atoms with E-state index in [9.17, 15) is 5.11 Å². The molecule has 2 saturated heterocycles. The maximum atomic E-state index is 10.4. The highest BCUT2D eigenvalue weighted by atomic mass is 16.9. The number of aliphatic hydroxyl groups excluding tert-OH is 1. The molecule has 2 saturated carbocycles. The maximum Gasteiger partial charge on any atom is 0.262 e. The molecule has 2 spiro atoms. The fourth-order valence-corrected chi connectivity index (χ4v) is 8.26. The van der Waals surface area contributed by atoms with Crippen molar-refractivity contribution in [2.45, 2.75) is 69.9 Å². The van der Waals surface area contributed by atoms with Gasteiger partial charge in [-0.15, -0.1) is 0 Å². The highest BCUT2D eigenvalue weighted by molar-refractivity contribution is 5.37. The lowest BCUT2D eigenvalue weighted by Gasteiger charge is -2.58. The molecule has 5 heteroatoms. The molecule has 2 aliphatic heterocycles. The van der Waals surface area contributed by atoms with Crippen LogP contribution in [-0.2, 0) is 18.9 Å². The van der Waals surface area contributed by atoms with Gasteiger partial charge in [-0.3, -0.25) is 0 Å². The van der Waals surface area contributed by atoms with Crippen LogP contribution in [0.3, 0.4) is 0 Å². The lowest BCUT2D eigenvalue weighted by molar-refractivity contribution is -0.236. The van der Waals surface area contributed by atoms with Crippen LogP contribution >= 0.6 is 0 Å². The zero-order chi connectivity index (χ0) is 20.1. The largest absolute Gasteiger partial charge is 0.467 e. The van der Waals surface area contributed by atoms with Gasteiger partial charge in [0.15, 0.2) is 19.3 Å². The van der Waals surface area contributed by atoms with E-state index in [1.807, 2.05) is 0 Å². The first kappa shape index (κ1) is 18.6. The SMILES string of the molecule is C=C1OCOC12OCO[C@@]21CC[C@H]2[C@@H]3C=CC4=CCC(O)C[C@]4(C)[C@H]3CC[C@@]21C. The van der Waals surface area contributed by atoms with Gasteiger partial charge in [0.1, 0.15) is 5.60 Å². The molecule has 0 aromatic heterocycles. The van der Waals surface area contributed by atoms with Gasteiger partial charge in [-0.25, -0.2) is 0 Å². The van der Waals surface area contributed by atoms with Gasteiger partial charge in [-0.1, -0.05) is 38.7 Å². The molecule has 2 unspecified atom stereocenters. The van der Waals surface area contributed by atoms with Gasteiger partial charge < -0.3 is 24.1 Å². The van der Waals surface area contributed by atoms with Crippen molar-refractivity contribution in [3.63, 3.8) is 0 Å². The summed E-state index contributed by atoms with van der Waals surface area (Å²) in [6.07, 6.45) is 12.7. The van der Waals surface area contributed by atoms with Crippen molar-refractivity contribution in [1.82, 2.24) is 0 Å². The average Bonchev–Trinajstić information content (AvgIpc) is 3.34. The Hall–Kier alpha value is -1.14. The minimum absolute atomic E-state index is 0.0649. The lowest BCUT2D eigenvalue weighted by Crippen LogP contribution is -2.63. The quantitative estimate of drug-likeness (QED) is 0.665. The summed E-state index contributed by atoms with van der Waals surface area (Å²) in [4.78, 5) is 0. The number of fused-ring (bicyclic) bond motifs is 7. The van der Waals surface area contributed by atoms with E-state index in [-0.39, 0.29) is 30.5 Å². The van der Waals surface area contributed by atoms with Gasteiger partial charge in [0.25, 0.3) is 5.79 Å². The highest BCUT2D eigenvalue weighted by Crippen LogP contribution is 2.71. The van der Waals surface area contributed by atoms with Gasteiger partial charge >= 0.3 is 0 Å². The van der Waals surface area contributed by atoms with Gasteiger partial charge in [0.2, 0.25) is 0 Å². The number of ether oxygens (including phenoxy) is 4. The predicted octanol–water partition coefficient (Wildman–Crippen LogP) is 4.04. The second-order valence-corrected chi connectivity index (χ2v) is 10.5. The maximum absolute atomic E-state index is 10.4. The third kappa shape index (κ3) is 2.01. The van der Waals surface area contributed by atoms with E-state index in [0.717, 1.165) is 38.5 Å². The Morgan fingerprint density at radius 2 is 1.86 bits per heavy atom. The Bertz CT molecular complexity index is 814. The molecule has 158 valence electrons. The summed E-state index contributed by atoms with van der Waals surface area (Å²) < 4.78 is 24.3. The van der Waals surface area contributed by atoms with E-state index in [4.69, 9.17) is 18.9 Å². The van der Waals surface area contributed by atoms with Crippen LogP contribution < -0.4 is 0 Å². The van der Waals surface area contributed by atoms with Crippen LogP contribution in [0.1, 0.15) is 52.4 Å². The number of rotatable bonds is 0. The Labute approximate surface area is 172 Å². The smallest absolute Gasteiger partial charge is 0.262 e. The summed E-state index contributed by atoms with van der Waals surface area (Å²) in [5, 5.41) is 10.4. The molecule has 0 bridgehead atoms. The first-order valence-electron chi connectivity index (χ1n) is 11.2. The zero-order valence-corrected chi connectivity index (χ0v) is 17.5. The molecule has 0 amide bonds. The summed E-state index contributed by atoms with van der Waals surface area (Å²) >= 11 is 0. The van der Waals surface area contributed by atoms with Crippen LogP contribution in [0.15, 0.2) is 36.1 Å². The molecule has 0 radical (unpaired) electrons. The molecule has 0 aromatic rings. The third-order valence-electron chi connectivity index (χ3n) is 9.66. The fraction of sp³-hybridized carbons (Fsp3) is 0.750. The van der Waals surface area contributed by atoms with E-state index in [0.29, 0.717) is 23.5 Å². The van der Waals surface area contributed by atoms with Crippen molar-refractivity contribution < 1.29 is 24.1 Å². The normalized spacial score (nSPS) is 55.6. The molecule has 5 nitrogen and oxygen atoms in total. The molecule has 0 aromatic carbocycles.